The third-order valence-electron chi connectivity index (χ3n) is 1.18. The van der Waals surface area contributed by atoms with E-state index in [1.807, 2.05) is 13.8 Å². The van der Waals surface area contributed by atoms with Crippen molar-refractivity contribution in [2.45, 2.75) is 32.7 Å². The summed E-state index contributed by atoms with van der Waals surface area (Å²) in [5, 5.41) is 0. The number of hydrogen-bond donors (Lipinski definition) is 1. The molecule has 3 nitrogen and oxygen atoms in total. The Balaban J connectivity index is 3.69. The molecule has 0 aromatic carbocycles. The minimum atomic E-state index is -0.304. The highest BCUT2D eigenvalue weighted by atomic mass is 16.5. The van der Waals surface area contributed by atoms with Crippen molar-refractivity contribution in [2.24, 2.45) is 5.73 Å². The highest BCUT2D eigenvalue weighted by Crippen LogP contribution is 2.03. The Kier molecular flexibility index (Phi) is 4.59. The van der Waals surface area contributed by atoms with E-state index in [2.05, 4.69) is 0 Å². The molecule has 2 N–H and O–H groups in total. The maximum Gasteiger partial charge on any atom is 0.330 e. The van der Waals surface area contributed by atoms with Crippen molar-refractivity contribution >= 4 is 5.97 Å². The average molecular weight is 171 g/mol. The van der Waals surface area contributed by atoms with Crippen LogP contribution in [0.5, 0.6) is 0 Å². The molecule has 0 aliphatic heterocycles. The van der Waals surface area contributed by atoms with E-state index in [0.29, 0.717) is 13.0 Å². The van der Waals surface area contributed by atoms with Crippen LogP contribution in [0.3, 0.4) is 0 Å². The van der Waals surface area contributed by atoms with Gasteiger partial charge in [0.1, 0.15) is 0 Å². The molecule has 0 bridgehead atoms. The molecule has 0 spiro atoms. The zero-order valence-corrected chi connectivity index (χ0v) is 7.96. The van der Waals surface area contributed by atoms with Gasteiger partial charge in [-0.1, -0.05) is 6.08 Å². The van der Waals surface area contributed by atoms with Gasteiger partial charge in [0, 0.05) is 11.6 Å². The first kappa shape index (κ1) is 11.2. The first-order valence-corrected chi connectivity index (χ1v) is 4.08. The molecule has 12 heavy (non-hydrogen) atoms. The monoisotopic (exact) mass is 171 g/mol. The lowest BCUT2D eigenvalue weighted by Gasteiger charge is -2.14. The van der Waals surface area contributed by atoms with E-state index >= 15 is 0 Å². The van der Waals surface area contributed by atoms with Crippen LogP contribution < -0.4 is 5.73 Å². The van der Waals surface area contributed by atoms with Crippen LogP contribution in [-0.2, 0) is 9.53 Å². The van der Waals surface area contributed by atoms with Gasteiger partial charge in [0.05, 0.1) is 6.61 Å². The molecule has 3 heteroatoms. The molecule has 0 rings (SSSR count). The molecule has 0 heterocycles. The van der Waals surface area contributed by atoms with Gasteiger partial charge in [-0.3, -0.25) is 0 Å². The molecular weight excluding hydrogens is 154 g/mol. The van der Waals surface area contributed by atoms with Crippen molar-refractivity contribution in [1.29, 1.82) is 0 Å². The van der Waals surface area contributed by atoms with E-state index in [9.17, 15) is 4.79 Å². The number of nitrogens with two attached hydrogens (primary N) is 1. The SMILES string of the molecule is CCOC(=O)/C=C/CC(C)(C)N. The first-order valence-electron chi connectivity index (χ1n) is 4.08. The van der Waals surface area contributed by atoms with Gasteiger partial charge in [0.25, 0.3) is 0 Å². The quantitative estimate of drug-likeness (QED) is 0.511. The second-order valence-electron chi connectivity index (χ2n) is 3.35. The van der Waals surface area contributed by atoms with Crippen LogP contribution in [0.1, 0.15) is 27.2 Å². The lowest BCUT2D eigenvalue weighted by molar-refractivity contribution is -0.137. The lowest BCUT2D eigenvalue weighted by atomic mass is 10.0. The third kappa shape index (κ3) is 7.28. The van der Waals surface area contributed by atoms with Crippen molar-refractivity contribution in [3.8, 4) is 0 Å². The third-order valence-corrected chi connectivity index (χ3v) is 1.18. The molecule has 0 atom stereocenters. The molecule has 0 radical (unpaired) electrons. The second kappa shape index (κ2) is 4.93. The number of rotatable bonds is 4. The standard InChI is InChI=1S/C9H17NO2/c1-4-12-8(11)6-5-7-9(2,3)10/h5-6H,4,7,10H2,1-3H3/b6-5+. The van der Waals surface area contributed by atoms with Gasteiger partial charge in [-0.15, -0.1) is 0 Å². The van der Waals surface area contributed by atoms with Crippen molar-refractivity contribution in [2.75, 3.05) is 6.61 Å². The highest BCUT2D eigenvalue weighted by molar-refractivity contribution is 5.81. The van der Waals surface area contributed by atoms with Crippen LogP contribution in [0.4, 0.5) is 0 Å². The summed E-state index contributed by atoms with van der Waals surface area (Å²) in [6.07, 6.45) is 3.82. The van der Waals surface area contributed by atoms with Gasteiger partial charge < -0.3 is 10.5 Å². The Labute approximate surface area is 73.6 Å². The maximum absolute atomic E-state index is 10.8. The molecule has 0 aromatic heterocycles. The molecule has 0 saturated carbocycles. The molecule has 0 aliphatic carbocycles. The van der Waals surface area contributed by atoms with Crippen molar-refractivity contribution < 1.29 is 9.53 Å². The molecule has 0 aliphatic rings. The summed E-state index contributed by atoms with van der Waals surface area (Å²) in [7, 11) is 0. The lowest BCUT2D eigenvalue weighted by Crippen LogP contribution is -2.30. The zero-order valence-electron chi connectivity index (χ0n) is 7.96. The Morgan fingerprint density at radius 1 is 1.58 bits per heavy atom. The topological polar surface area (TPSA) is 52.3 Å². The van der Waals surface area contributed by atoms with E-state index in [-0.39, 0.29) is 11.5 Å². The van der Waals surface area contributed by atoms with Crippen molar-refractivity contribution in [1.82, 2.24) is 0 Å². The van der Waals surface area contributed by atoms with Crippen LogP contribution in [-0.4, -0.2) is 18.1 Å². The summed E-state index contributed by atoms with van der Waals surface area (Å²) in [6, 6.07) is 0. The predicted octanol–water partition coefficient (Wildman–Crippen LogP) is 1.23. The van der Waals surface area contributed by atoms with Gasteiger partial charge in [-0.2, -0.15) is 0 Å². The average Bonchev–Trinajstić information content (AvgIpc) is 1.84. The number of esters is 1. The van der Waals surface area contributed by atoms with Crippen LogP contribution in [0, 0.1) is 0 Å². The number of hydrogen-bond acceptors (Lipinski definition) is 3. The smallest absolute Gasteiger partial charge is 0.330 e. The fraction of sp³-hybridized carbons (Fsp3) is 0.667. The molecule has 0 unspecified atom stereocenters. The maximum atomic E-state index is 10.8. The largest absolute Gasteiger partial charge is 0.463 e. The van der Waals surface area contributed by atoms with Gasteiger partial charge in [0.15, 0.2) is 0 Å². The second-order valence-corrected chi connectivity index (χ2v) is 3.35. The van der Waals surface area contributed by atoms with E-state index in [1.165, 1.54) is 6.08 Å². The first-order chi connectivity index (χ1) is 5.45. The summed E-state index contributed by atoms with van der Waals surface area (Å²) in [6.45, 7) is 6.00. The molecule has 0 fully saturated rings. The Bertz CT molecular complexity index is 168. The molecule has 0 saturated heterocycles. The summed E-state index contributed by atoms with van der Waals surface area (Å²) >= 11 is 0. The summed E-state index contributed by atoms with van der Waals surface area (Å²) in [5.41, 5.74) is 5.43. The van der Waals surface area contributed by atoms with Gasteiger partial charge in [0.2, 0.25) is 0 Å². The summed E-state index contributed by atoms with van der Waals surface area (Å²) in [4.78, 5) is 10.8. The van der Waals surface area contributed by atoms with E-state index in [1.54, 1.807) is 13.0 Å². The van der Waals surface area contributed by atoms with E-state index in [0.717, 1.165) is 0 Å². The van der Waals surface area contributed by atoms with E-state index < -0.39 is 0 Å². The molecule has 0 aromatic rings. The predicted molar refractivity (Wildman–Crippen MR) is 48.7 cm³/mol. The van der Waals surface area contributed by atoms with Gasteiger partial charge >= 0.3 is 5.97 Å². The van der Waals surface area contributed by atoms with Crippen LogP contribution >= 0.6 is 0 Å². The number of carbonyl (C=O) groups excluding carboxylic acids is 1. The summed E-state index contributed by atoms with van der Waals surface area (Å²) in [5.74, 6) is -0.304. The van der Waals surface area contributed by atoms with Gasteiger partial charge in [-0.05, 0) is 27.2 Å². The van der Waals surface area contributed by atoms with Crippen molar-refractivity contribution in [3.63, 3.8) is 0 Å². The Hall–Kier alpha value is -0.830. The van der Waals surface area contributed by atoms with Crippen LogP contribution in [0.2, 0.25) is 0 Å². The highest BCUT2D eigenvalue weighted by Gasteiger charge is 2.07. The number of carbonyl (C=O) groups is 1. The minimum absolute atomic E-state index is 0.261. The Morgan fingerprint density at radius 3 is 2.58 bits per heavy atom. The van der Waals surface area contributed by atoms with Crippen molar-refractivity contribution in [3.05, 3.63) is 12.2 Å². The molecular formula is C9H17NO2. The fourth-order valence-electron chi connectivity index (χ4n) is 0.649. The minimum Gasteiger partial charge on any atom is -0.463 e. The Morgan fingerprint density at radius 2 is 2.17 bits per heavy atom. The zero-order chi connectivity index (χ0) is 9.61. The number of ether oxygens (including phenoxy) is 1. The summed E-state index contributed by atoms with van der Waals surface area (Å²) < 4.78 is 4.69. The van der Waals surface area contributed by atoms with E-state index in [4.69, 9.17) is 10.5 Å². The van der Waals surface area contributed by atoms with Crippen LogP contribution in [0.15, 0.2) is 12.2 Å². The normalized spacial score (nSPS) is 12.0. The molecule has 70 valence electrons. The fourth-order valence-corrected chi connectivity index (χ4v) is 0.649. The van der Waals surface area contributed by atoms with Crippen LogP contribution in [0.25, 0.3) is 0 Å². The van der Waals surface area contributed by atoms with Gasteiger partial charge in [-0.25, -0.2) is 4.79 Å². The molecule has 0 amide bonds.